The van der Waals surface area contributed by atoms with Crippen molar-refractivity contribution in [3.8, 4) is 5.75 Å². The van der Waals surface area contributed by atoms with Crippen molar-refractivity contribution in [3.63, 3.8) is 0 Å². The minimum atomic E-state index is -0.518. The zero-order valence-electron chi connectivity index (χ0n) is 16.6. The maximum absolute atomic E-state index is 12.8. The molecule has 2 aliphatic heterocycles. The Morgan fingerprint density at radius 2 is 2.11 bits per heavy atom. The van der Waals surface area contributed by atoms with Gasteiger partial charge in [-0.3, -0.25) is 4.79 Å². The van der Waals surface area contributed by atoms with Crippen molar-refractivity contribution < 1.29 is 9.53 Å². The summed E-state index contributed by atoms with van der Waals surface area (Å²) in [5, 5.41) is 3.50. The Morgan fingerprint density at radius 1 is 1.29 bits per heavy atom. The largest absolute Gasteiger partial charge is 0.481 e. The van der Waals surface area contributed by atoms with Gasteiger partial charge in [0.2, 0.25) is 0 Å². The van der Waals surface area contributed by atoms with E-state index in [1.54, 1.807) is 0 Å². The average Bonchev–Trinajstić information content (AvgIpc) is 2.74. The topological polar surface area (TPSA) is 67.3 Å². The van der Waals surface area contributed by atoms with Gasteiger partial charge in [-0.05, 0) is 45.4 Å². The highest BCUT2D eigenvalue weighted by atomic mass is 16.5. The number of rotatable bonds is 4. The highest BCUT2D eigenvalue weighted by Crippen LogP contribution is 2.24. The van der Waals surface area contributed by atoms with Crippen LogP contribution in [0.25, 0.3) is 0 Å². The monoisotopic (exact) mass is 380 g/mol. The maximum Gasteiger partial charge on any atom is 0.263 e. The van der Waals surface area contributed by atoms with Gasteiger partial charge in [0.1, 0.15) is 11.6 Å². The van der Waals surface area contributed by atoms with E-state index < -0.39 is 6.10 Å². The number of carbonyl (C=O) groups excluding carboxylic acids is 1. The molecule has 0 bridgehead atoms. The molecule has 0 saturated carbocycles. The van der Waals surface area contributed by atoms with Gasteiger partial charge in [-0.15, -0.1) is 0 Å². The van der Waals surface area contributed by atoms with E-state index in [1.807, 2.05) is 49.2 Å². The summed E-state index contributed by atoms with van der Waals surface area (Å²) >= 11 is 0. The molecule has 1 fully saturated rings. The quantitative estimate of drug-likeness (QED) is 0.883. The first kappa shape index (κ1) is 18.9. The van der Waals surface area contributed by atoms with E-state index in [0.717, 1.165) is 42.2 Å². The lowest BCUT2D eigenvalue weighted by Crippen LogP contribution is -2.43. The molecule has 0 radical (unpaired) electrons. The van der Waals surface area contributed by atoms with Gasteiger partial charge in [-0.25, -0.2) is 9.97 Å². The van der Waals surface area contributed by atoms with Crippen molar-refractivity contribution in [2.75, 3.05) is 13.1 Å². The predicted octanol–water partition coefficient (Wildman–Crippen LogP) is 2.95. The summed E-state index contributed by atoms with van der Waals surface area (Å²) in [5.74, 6) is 1.62. The number of hydrogen-bond donors (Lipinski definition) is 1. The number of ether oxygens (including phenoxy) is 1. The molecular formula is C22H28N4O2. The third-order valence-electron chi connectivity index (χ3n) is 5.57. The summed E-state index contributed by atoms with van der Waals surface area (Å²) in [4.78, 5) is 24.1. The Kier molecular flexibility index (Phi) is 5.57. The van der Waals surface area contributed by atoms with E-state index >= 15 is 0 Å². The molecule has 28 heavy (non-hydrogen) atoms. The second-order valence-electron chi connectivity index (χ2n) is 7.79. The smallest absolute Gasteiger partial charge is 0.263 e. The minimum absolute atomic E-state index is 0.00393. The van der Waals surface area contributed by atoms with Crippen molar-refractivity contribution >= 4 is 5.91 Å². The molecule has 4 rings (SSSR count). The third-order valence-corrected chi connectivity index (χ3v) is 5.57. The summed E-state index contributed by atoms with van der Waals surface area (Å²) in [6.45, 7) is 6.09. The summed E-state index contributed by atoms with van der Waals surface area (Å²) in [6.07, 6.45) is 5.69. The Labute approximate surface area is 166 Å². The van der Waals surface area contributed by atoms with E-state index in [1.165, 1.54) is 18.4 Å². The van der Waals surface area contributed by atoms with Crippen LogP contribution in [-0.2, 0) is 17.8 Å². The standard InChI is InChI=1S/C22H28N4O2/c1-15-6-8-18(9-7-15)28-16(2)22(27)26-12-10-19-17(14-26)13-24-21(25-19)20-5-3-4-11-23-20/h6-9,13,16,20,23H,3-5,10-12,14H2,1-2H3. The van der Waals surface area contributed by atoms with Gasteiger partial charge < -0.3 is 15.0 Å². The number of nitrogens with zero attached hydrogens (tertiary/aromatic N) is 3. The molecule has 1 aromatic carbocycles. The summed E-state index contributed by atoms with van der Waals surface area (Å²) in [6, 6.07) is 8.04. The van der Waals surface area contributed by atoms with Gasteiger partial charge in [0.05, 0.1) is 11.7 Å². The summed E-state index contributed by atoms with van der Waals surface area (Å²) < 4.78 is 5.84. The number of piperidine rings is 1. The fraction of sp³-hybridized carbons (Fsp3) is 0.500. The van der Waals surface area contributed by atoms with Gasteiger partial charge in [-0.1, -0.05) is 24.1 Å². The average molecular weight is 380 g/mol. The molecule has 1 amide bonds. The summed E-state index contributed by atoms with van der Waals surface area (Å²) in [5.41, 5.74) is 3.29. The molecule has 1 N–H and O–H groups in total. The SMILES string of the molecule is Cc1ccc(OC(C)C(=O)N2CCc3nc(C4CCCCN4)ncc3C2)cc1. The highest BCUT2D eigenvalue weighted by Gasteiger charge is 2.28. The number of nitrogens with one attached hydrogen (secondary N) is 1. The lowest BCUT2D eigenvalue weighted by molar-refractivity contribution is -0.138. The maximum atomic E-state index is 12.8. The van der Waals surface area contributed by atoms with Crippen molar-refractivity contribution in [2.24, 2.45) is 0 Å². The van der Waals surface area contributed by atoms with Crippen molar-refractivity contribution in [1.82, 2.24) is 20.2 Å². The molecule has 1 saturated heterocycles. The zero-order valence-corrected chi connectivity index (χ0v) is 16.6. The molecule has 0 aliphatic carbocycles. The number of benzene rings is 1. The molecule has 2 aromatic rings. The van der Waals surface area contributed by atoms with E-state index in [4.69, 9.17) is 9.72 Å². The third kappa shape index (κ3) is 4.17. The second-order valence-corrected chi connectivity index (χ2v) is 7.79. The van der Waals surface area contributed by atoms with Gasteiger partial charge in [0.15, 0.2) is 6.10 Å². The normalized spacial score (nSPS) is 20.4. The molecule has 6 heteroatoms. The van der Waals surface area contributed by atoms with Crippen LogP contribution in [0.4, 0.5) is 0 Å². The van der Waals surface area contributed by atoms with Crippen LogP contribution < -0.4 is 10.1 Å². The molecule has 2 unspecified atom stereocenters. The van der Waals surface area contributed by atoms with Crippen LogP contribution in [0.5, 0.6) is 5.75 Å². The van der Waals surface area contributed by atoms with Crippen LogP contribution >= 0.6 is 0 Å². The number of aryl methyl sites for hydroxylation is 1. The van der Waals surface area contributed by atoms with Crippen LogP contribution in [0.15, 0.2) is 30.5 Å². The number of aromatic nitrogens is 2. The number of amides is 1. The molecule has 2 atom stereocenters. The fourth-order valence-corrected chi connectivity index (χ4v) is 3.89. The van der Waals surface area contributed by atoms with Crippen LogP contribution in [0.2, 0.25) is 0 Å². The Hall–Kier alpha value is -2.47. The van der Waals surface area contributed by atoms with Crippen molar-refractivity contribution in [1.29, 1.82) is 0 Å². The molecule has 0 spiro atoms. The Morgan fingerprint density at radius 3 is 2.86 bits per heavy atom. The number of carbonyl (C=O) groups is 1. The van der Waals surface area contributed by atoms with Gasteiger partial charge in [-0.2, -0.15) is 0 Å². The number of fused-ring (bicyclic) bond motifs is 1. The first-order valence-corrected chi connectivity index (χ1v) is 10.2. The molecule has 2 aliphatic rings. The molecule has 148 valence electrons. The van der Waals surface area contributed by atoms with E-state index in [9.17, 15) is 4.79 Å². The van der Waals surface area contributed by atoms with Crippen molar-refractivity contribution in [2.45, 2.75) is 58.2 Å². The van der Waals surface area contributed by atoms with Gasteiger partial charge in [0.25, 0.3) is 5.91 Å². The lowest BCUT2D eigenvalue weighted by Gasteiger charge is -2.31. The second kappa shape index (κ2) is 8.27. The minimum Gasteiger partial charge on any atom is -0.481 e. The van der Waals surface area contributed by atoms with Crippen molar-refractivity contribution in [3.05, 3.63) is 53.1 Å². The first-order valence-electron chi connectivity index (χ1n) is 10.2. The van der Waals surface area contributed by atoms with Crippen LogP contribution in [0.1, 0.15) is 54.9 Å². The highest BCUT2D eigenvalue weighted by molar-refractivity contribution is 5.81. The zero-order chi connectivity index (χ0) is 19.5. The molecule has 6 nitrogen and oxygen atoms in total. The van der Waals surface area contributed by atoms with Crippen LogP contribution in [-0.4, -0.2) is 40.0 Å². The first-order chi connectivity index (χ1) is 13.6. The van der Waals surface area contributed by atoms with Crippen LogP contribution in [0, 0.1) is 6.92 Å². The summed E-state index contributed by atoms with van der Waals surface area (Å²) in [7, 11) is 0. The van der Waals surface area contributed by atoms with E-state index in [2.05, 4.69) is 10.3 Å². The van der Waals surface area contributed by atoms with Gasteiger partial charge in [0, 0.05) is 31.3 Å². The van der Waals surface area contributed by atoms with E-state index in [-0.39, 0.29) is 11.9 Å². The number of hydrogen-bond acceptors (Lipinski definition) is 5. The molecule has 3 heterocycles. The Balaban J connectivity index is 1.40. The van der Waals surface area contributed by atoms with E-state index in [0.29, 0.717) is 13.1 Å². The van der Waals surface area contributed by atoms with Gasteiger partial charge >= 0.3 is 0 Å². The lowest BCUT2D eigenvalue weighted by atomic mass is 10.0. The Bertz CT molecular complexity index is 831. The molecular weight excluding hydrogens is 352 g/mol. The fourth-order valence-electron chi connectivity index (χ4n) is 3.89. The molecule has 1 aromatic heterocycles. The predicted molar refractivity (Wildman–Crippen MR) is 107 cm³/mol. The van der Waals surface area contributed by atoms with Crippen LogP contribution in [0.3, 0.4) is 0 Å².